The zero-order valence-corrected chi connectivity index (χ0v) is 9.42. The molecule has 2 N–H and O–H groups in total. The first-order valence-electron chi connectivity index (χ1n) is 5.10. The summed E-state index contributed by atoms with van der Waals surface area (Å²) in [6, 6.07) is 9.68. The molecular formula is C12H15N3O. The van der Waals surface area contributed by atoms with Gasteiger partial charge in [-0.25, -0.2) is 0 Å². The minimum absolute atomic E-state index is 0.219. The lowest BCUT2D eigenvalue weighted by atomic mass is 10.0. The van der Waals surface area contributed by atoms with E-state index in [0.717, 1.165) is 17.0 Å². The molecule has 0 amide bonds. The van der Waals surface area contributed by atoms with Crippen molar-refractivity contribution in [2.24, 2.45) is 12.8 Å². The van der Waals surface area contributed by atoms with Crippen LogP contribution in [0.5, 0.6) is 5.75 Å². The largest absolute Gasteiger partial charge is 0.493 e. The van der Waals surface area contributed by atoms with Crippen LogP contribution >= 0.6 is 0 Å². The van der Waals surface area contributed by atoms with Crippen LogP contribution in [0.1, 0.15) is 17.3 Å². The van der Waals surface area contributed by atoms with E-state index in [1.54, 1.807) is 18.0 Å². The fourth-order valence-corrected chi connectivity index (χ4v) is 1.76. The van der Waals surface area contributed by atoms with E-state index in [0.29, 0.717) is 0 Å². The molecule has 1 aromatic carbocycles. The van der Waals surface area contributed by atoms with Gasteiger partial charge in [0.15, 0.2) is 5.75 Å². The molecular weight excluding hydrogens is 202 g/mol. The monoisotopic (exact) mass is 217 g/mol. The summed E-state index contributed by atoms with van der Waals surface area (Å²) in [6.45, 7) is 0. The van der Waals surface area contributed by atoms with E-state index in [9.17, 15) is 0 Å². The van der Waals surface area contributed by atoms with Gasteiger partial charge in [0.2, 0.25) is 0 Å². The maximum absolute atomic E-state index is 6.20. The third kappa shape index (κ3) is 1.79. The fraction of sp³-hybridized carbons (Fsp3) is 0.250. The lowest BCUT2D eigenvalue weighted by Gasteiger charge is -2.14. The second-order valence-electron chi connectivity index (χ2n) is 3.61. The standard InChI is InChI=1S/C12H15N3O/c1-15-12(10(16-2)8-14-15)11(13)9-6-4-3-5-7-9/h3-8,11H,13H2,1-2H3. The van der Waals surface area contributed by atoms with E-state index in [2.05, 4.69) is 5.10 Å². The Morgan fingerprint density at radius 3 is 2.62 bits per heavy atom. The molecule has 0 bridgehead atoms. The van der Waals surface area contributed by atoms with Crippen molar-refractivity contribution in [2.45, 2.75) is 6.04 Å². The molecule has 2 aromatic rings. The van der Waals surface area contributed by atoms with Crippen molar-refractivity contribution in [1.29, 1.82) is 0 Å². The van der Waals surface area contributed by atoms with E-state index >= 15 is 0 Å². The highest BCUT2D eigenvalue weighted by Gasteiger charge is 2.18. The number of ether oxygens (including phenoxy) is 1. The Bertz CT molecular complexity index is 464. The lowest BCUT2D eigenvalue weighted by Crippen LogP contribution is -2.16. The normalized spacial score (nSPS) is 12.4. The van der Waals surface area contributed by atoms with Crippen LogP contribution in [0.15, 0.2) is 36.5 Å². The Morgan fingerprint density at radius 2 is 2.00 bits per heavy atom. The van der Waals surface area contributed by atoms with Gasteiger partial charge in [0, 0.05) is 7.05 Å². The minimum Gasteiger partial charge on any atom is -0.493 e. The molecule has 84 valence electrons. The number of aromatic nitrogens is 2. The number of hydrogen-bond acceptors (Lipinski definition) is 3. The summed E-state index contributed by atoms with van der Waals surface area (Å²) in [5.41, 5.74) is 8.13. The van der Waals surface area contributed by atoms with Crippen LogP contribution in [0.3, 0.4) is 0 Å². The second kappa shape index (κ2) is 4.37. The number of hydrogen-bond donors (Lipinski definition) is 1. The maximum atomic E-state index is 6.20. The molecule has 2 rings (SSSR count). The minimum atomic E-state index is -0.219. The van der Waals surface area contributed by atoms with Crippen LogP contribution < -0.4 is 10.5 Å². The quantitative estimate of drug-likeness (QED) is 0.847. The Kier molecular flexibility index (Phi) is 2.92. The topological polar surface area (TPSA) is 53.1 Å². The Balaban J connectivity index is 2.41. The van der Waals surface area contributed by atoms with Crippen LogP contribution in [0.2, 0.25) is 0 Å². The molecule has 0 aliphatic heterocycles. The summed E-state index contributed by atoms with van der Waals surface area (Å²) in [4.78, 5) is 0. The van der Waals surface area contributed by atoms with Gasteiger partial charge >= 0.3 is 0 Å². The van der Waals surface area contributed by atoms with Gasteiger partial charge in [0.1, 0.15) is 5.69 Å². The molecule has 4 nitrogen and oxygen atoms in total. The third-order valence-electron chi connectivity index (χ3n) is 2.62. The Labute approximate surface area is 94.6 Å². The zero-order valence-electron chi connectivity index (χ0n) is 9.42. The average Bonchev–Trinajstić information content (AvgIpc) is 2.70. The first kappa shape index (κ1) is 10.7. The van der Waals surface area contributed by atoms with Crippen LogP contribution in [-0.4, -0.2) is 16.9 Å². The molecule has 1 aromatic heterocycles. The number of benzene rings is 1. The Hall–Kier alpha value is -1.81. The molecule has 0 saturated heterocycles. The van der Waals surface area contributed by atoms with E-state index in [4.69, 9.17) is 10.5 Å². The number of nitrogens with two attached hydrogens (primary N) is 1. The lowest BCUT2D eigenvalue weighted by molar-refractivity contribution is 0.406. The highest BCUT2D eigenvalue weighted by molar-refractivity contribution is 5.35. The SMILES string of the molecule is COc1cnn(C)c1C(N)c1ccccc1. The third-order valence-corrected chi connectivity index (χ3v) is 2.62. The fourth-order valence-electron chi connectivity index (χ4n) is 1.76. The number of rotatable bonds is 3. The summed E-state index contributed by atoms with van der Waals surface area (Å²) in [5, 5.41) is 4.15. The summed E-state index contributed by atoms with van der Waals surface area (Å²) >= 11 is 0. The summed E-state index contributed by atoms with van der Waals surface area (Å²) in [7, 11) is 3.49. The first-order valence-corrected chi connectivity index (χ1v) is 5.10. The van der Waals surface area contributed by atoms with Crippen molar-refractivity contribution in [3.05, 3.63) is 47.8 Å². The van der Waals surface area contributed by atoms with Crippen molar-refractivity contribution in [2.75, 3.05) is 7.11 Å². The molecule has 1 unspecified atom stereocenters. The maximum Gasteiger partial charge on any atom is 0.161 e. The number of nitrogens with zero attached hydrogens (tertiary/aromatic N) is 2. The van der Waals surface area contributed by atoms with E-state index in [1.807, 2.05) is 37.4 Å². The smallest absolute Gasteiger partial charge is 0.161 e. The van der Waals surface area contributed by atoms with Crippen LogP contribution in [0.25, 0.3) is 0 Å². The predicted molar refractivity (Wildman–Crippen MR) is 62.2 cm³/mol. The van der Waals surface area contributed by atoms with Crippen LogP contribution in [-0.2, 0) is 7.05 Å². The van der Waals surface area contributed by atoms with E-state index in [-0.39, 0.29) is 6.04 Å². The molecule has 0 saturated carbocycles. The van der Waals surface area contributed by atoms with Crippen LogP contribution in [0.4, 0.5) is 0 Å². The van der Waals surface area contributed by atoms with Gasteiger partial charge in [-0.3, -0.25) is 4.68 Å². The van der Waals surface area contributed by atoms with Crippen molar-refractivity contribution >= 4 is 0 Å². The number of methoxy groups -OCH3 is 1. The van der Waals surface area contributed by atoms with Gasteiger partial charge in [0.05, 0.1) is 19.3 Å². The Morgan fingerprint density at radius 1 is 1.31 bits per heavy atom. The molecule has 1 atom stereocenters. The molecule has 0 aliphatic rings. The second-order valence-corrected chi connectivity index (χ2v) is 3.61. The average molecular weight is 217 g/mol. The molecule has 0 spiro atoms. The van der Waals surface area contributed by atoms with Gasteiger partial charge in [-0.1, -0.05) is 30.3 Å². The van der Waals surface area contributed by atoms with Crippen molar-refractivity contribution in [3.8, 4) is 5.75 Å². The van der Waals surface area contributed by atoms with Crippen molar-refractivity contribution in [1.82, 2.24) is 9.78 Å². The summed E-state index contributed by atoms with van der Waals surface area (Å²) in [5.74, 6) is 0.721. The number of aryl methyl sites for hydroxylation is 1. The zero-order chi connectivity index (χ0) is 11.5. The van der Waals surface area contributed by atoms with Gasteiger partial charge in [0.25, 0.3) is 0 Å². The molecule has 0 fully saturated rings. The summed E-state index contributed by atoms with van der Waals surface area (Å²) in [6.07, 6.45) is 1.68. The summed E-state index contributed by atoms with van der Waals surface area (Å²) < 4.78 is 6.99. The van der Waals surface area contributed by atoms with E-state index < -0.39 is 0 Å². The van der Waals surface area contributed by atoms with Gasteiger partial charge in [-0.2, -0.15) is 5.10 Å². The predicted octanol–water partition coefficient (Wildman–Crippen LogP) is 1.48. The molecule has 16 heavy (non-hydrogen) atoms. The highest BCUT2D eigenvalue weighted by Crippen LogP contribution is 2.27. The molecule has 1 heterocycles. The van der Waals surface area contributed by atoms with Gasteiger partial charge < -0.3 is 10.5 Å². The van der Waals surface area contributed by atoms with Crippen molar-refractivity contribution in [3.63, 3.8) is 0 Å². The first-order chi connectivity index (χ1) is 7.74. The van der Waals surface area contributed by atoms with Gasteiger partial charge in [-0.05, 0) is 5.56 Å². The van der Waals surface area contributed by atoms with Crippen molar-refractivity contribution < 1.29 is 4.74 Å². The highest BCUT2D eigenvalue weighted by atomic mass is 16.5. The van der Waals surface area contributed by atoms with Crippen LogP contribution in [0, 0.1) is 0 Å². The van der Waals surface area contributed by atoms with E-state index in [1.165, 1.54) is 0 Å². The molecule has 0 aliphatic carbocycles. The van der Waals surface area contributed by atoms with Gasteiger partial charge in [-0.15, -0.1) is 0 Å². The molecule has 4 heteroatoms. The molecule has 0 radical (unpaired) electrons.